The van der Waals surface area contributed by atoms with Crippen molar-refractivity contribution in [2.75, 3.05) is 25.5 Å². The molecule has 1 amide bonds. The van der Waals surface area contributed by atoms with Crippen LogP contribution in [0.1, 0.15) is 53.9 Å². The maximum absolute atomic E-state index is 12.7. The highest BCUT2D eigenvalue weighted by atomic mass is 35.5. The number of anilines is 1. The minimum Gasteiger partial charge on any atom is -0.319 e. The normalized spacial score (nSPS) is 22.8. The molecule has 1 aromatic heterocycles. The first-order valence-corrected chi connectivity index (χ1v) is 11.0. The molecule has 2 atom stereocenters. The van der Waals surface area contributed by atoms with Gasteiger partial charge in [0.2, 0.25) is 0 Å². The standard InChI is InChI=1S/C23H31N5O.3ClH/c1-27-9-7-19(8-10-27)25-22-12-21(22)17-3-2-4-18(11-17)23(29)26-20-13-24-28(15-20)14-16-5-6-16;;;/h2-4,11,13,15-16,19,21-22,25H,5-10,12,14H2,1H3,(H,26,29);3*1H/t21-,22+;;;/m0.../s1. The van der Waals surface area contributed by atoms with Crippen molar-refractivity contribution < 1.29 is 4.79 Å². The molecule has 2 aromatic rings. The molecule has 6 nitrogen and oxygen atoms in total. The molecule has 2 aliphatic carbocycles. The maximum atomic E-state index is 12.7. The number of halogens is 3. The number of benzene rings is 1. The van der Waals surface area contributed by atoms with Crippen LogP contribution in [0.25, 0.3) is 0 Å². The average molecular weight is 503 g/mol. The average Bonchev–Trinajstić information content (AvgIpc) is 3.64. The van der Waals surface area contributed by atoms with Crippen LogP contribution in [0.5, 0.6) is 0 Å². The van der Waals surface area contributed by atoms with Gasteiger partial charge in [-0.05, 0) is 75.9 Å². The third kappa shape index (κ3) is 6.84. The van der Waals surface area contributed by atoms with Gasteiger partial charge in [-0.3, -0.25) is 9.48 Å². The van der Waals surface area contributed by atoms with Crippen molar-refractivity contribution in [1.29, 1.82) is 0 Å². The molecule has 3 fully saturated rings. The fourth-order valence-corrected chi connectivity index (χ4v) is 4.43. The van der Waals surface area contributed by atoms with Gasteiger partial charge in [-0.25, -0.2) is 0 Å². The van der Waals surface area contributed by atoms with E-state index in [4.69, 9.17) is 0 Å². The van der Waals surface area contributed by atoms with E-state index in [0.717, 1.165) is 23.7 Å². The molecule has 1 aromatic carbocycles. The van der Waals surface area contributed by atoms with Crippen molar-refractivity contribution in [1.82, 2.24) is 20.0 Å². The van der Waals surface area contributed by atoms with E-state index in [0.29, 0.717) is 18.0 Å². The molecule has 1 aliphatic heterocycles. The Morgan fingerprint density at radius 1 is 1.12 bits per heavy atom. The van der Waals surface area contributed by atoms with E-state index in [1.165, 1.54) is 50.8 Å². The molecule has 2 heterocycles. The fourth-order valence-electron chi connectivity index (χ4n) is 4.43. The van der Waals surface area contributed by atoms with Crippen molar-refractivity contribution in [3.63, 3.8) is 0 Å². The number of piperidine rings is 1. The van der Waals surface area contributed by atoms with E-state index in [1.807, 2.05) is 23.0 Å². The summed E-state index contributed by atoms with van der Waals surface area (Å²) >= 11 is 0. The fraction of sp³-hybridized carbons (Fsp3) is 0.565. The van der Waals surface area contributed by atoms with E-state index in [2.05, 4.69) is 39.8 Å². The number of nitrogens with zero attached hydrogens (tertiary/aromatic N) is 3. The molecule has 0 unspecified atom stereocenters. The SMILES string of the molecule is CN1CCC(N[C@@H]2C[C@H]2c2cccc(C(=O)Nc3cnn(CC4CC4)c3)c2)CC1.Cl.Cl.Cl. The first kappa shape index (κ1) is 26.9. The number of likely N-dealkylation sites (tertiary alicyclic amines) is 1. The highest BCUT2D eigenvalue weighted by Gasteiger charge is 2.39. The number of nitrogens with one attached hydrogen (secondary N) is 2. The van der Waals surface area contributed by atoms with Gasteiger partial charge in [0.25, 0.3) is 5.91 Å². The van der Waals surface area contributed by atoms with Gasteiger partial charge in [-0.1, -0.05) is 12.1 Å². The van der Waals surface area contributed by atoms with Crippen LogP contribution in [-0.2, 0) is 6.54 Å². The zero-order valence-electron chi connectivity index (χ0n) is 18.4. The summed E-state index contributed by atoms with van der Waals surface area (Å²) < 4.78 is 1.94. The Balaban J connectivity index is 0.00000121. The van der Waals surface area contributed by atoms with Gasteiger partial charge in [0.15, 0.2) is 0 Å². The van der Waals surface area contributed by atoms with Gasteiger partial charge in [0.05, 0.1) is 11.9 Å². The third-order valence-corrected chi connectivity index (χ3v) is 6.57. The van der Waals surface area contributed by atoms with Crippen molar-refractivity contribution in [2.45, 2.75) is 56.7 Å². The lowest BCUT2D eigenvalue weighted by Gasteiger charge is -2.29. The van der Waals surface area contributed by atoms with Gasteiger partial charge in [0.1, 0.15) is 0 Å². The molecule has 2 N–H and O–H groups in total. The van der Waals surface area contributed by atoms with Crippen LogP contribution in [0.4, 0.5) is 5.69 Å². The molecule has 3 aliphatic rings. The molecule has 9 heteroatoms. The van der Waals surface area contributed by atoms with Crippen LogP contribution in [-0.4, -0.2) is 52.8 Å². The monoisotopic (exact) mass is 501 g/mol. The van der Waals surface area contributed by atoms with Gasteiger partial charge in [-0.2, -0.15) is 5.10 Å². The number of aromatic nitrogens is 2. The van der Waals surface area contributed by atoms with E-state index < -0.39 is 0 Å². The van der Waals surface area contributed by atoms with Gasteiger partial charge in [0, 0.05) is 36.3 Å². The lowest BCUT2D eigenvalue weighted by molar-refractivity contribution is 0.102. The lowest BCUT2D eigenvalue weighted by atomic mass is 10.0. The quantitative estimate of drug-likeness (QED) is 0.591. The van der Waals surface area contributed by atoms with E-state index in [1.54, 1.807) is 6.20 Å². The van der Waals surface area contributed by atoms with E-state index in [9.17, 15) is 4.79 Å². The summed E-state index contributed by atoms with van der Waals surface area (Å²) in [5, 5.41) is 11.2. The molecule has 0 bridgehead atoms. The zero-order valence-corrected chi connectivity index (χ0v) is 20.9. The van der Waals surface area contributed by atoms with E-state index in [-0.39, 0.29) is 43.1 Å². The Hall–Kier alpha value is -1.31. The topological polar surface area (TPSA) is 62.2 Å². The Morgan fingerprint density at radius 3 is 2.59 bits per heavy atom. The van der Waals surface area contributed by atoms with Gasteiger partial charge >= 0.3 is 0 Å². The van der Waals surface area contributed by atoms with Crippen LogP contribution in [0, 0.1) is 5.92 Å². The summed E-state index contributed by atoms with van der Waals surface area (Å²) in [7, 11) is 2.20. The van der Waals surface area contributed by atoms with Gasteiger partial charge in [-0.15, -0.1) is 37.2 Å². The predicted octanol–water partition coefficient (Wildman–Crippen LogP) is 4.35. The summed E-state index contributed by atoms with van der Waals surface area (Å²) in [6, 6.07) is 9.32. The number of hydrogen-bond donors (Lipinski definition) is 2. The molecule has 178 valence electrons. The maximum Gasteiger partial charge on any atom is 0.255 e. The summed E-state index contributed by atoms with van der Waals surface area (Å²) in [5.41, 5.74) is 2.77. The summed E-state index contributed by atoms with van der Waals surface area (Å²) in [5.74, 6) is 1.24. The molecule has 0 radical (unpaired) electrons. The van der Waals surface area contributed by atoms with Crippen molar-refractivity contribution in [2.24, 2.45) is 5.92 Å². The molecule has 1 saturated heterocycles. The number of carbonyl (C=O) groups excluding carboxylic acids is 1. The first-order valence-electron chi connectivity index (χ1n) is 11.0. The highest BCUT2D eigenvalue weighted by Crippen LogP contribution is 2.41. The van der Waals surface area contributed by atoms with Crippen LogP contribution < -0.4 is 10.6 Å². The van der Waals surface area contributed by atoms with E-state index >= 15 is 0 Å². The molecule has 5 rings (SSSR count). The first-order chi connectivity index (χ1) is 14.1. The Morgan fingerprint density at radius 2 is 1.88 bits per heavy atom. The molecule has 0 spiro atoms. The Labute approximate surface area is 209 Å². The van der Waals surface area contributed by atoms with Crippen LogP contribution in [0.2, 0.25) is 0 Å². The number of hydrogen-bond acceptors (Lipinski definition) is 4. The molecular weight excluding hydrogens is 469 g/mol. The molecular formula is C23H34Cl3N5O. The second-order valence-corrected chi connectivity index (χ2v) is 9.17. The highest BCUT2D eigenvalue weighted by molar-refractivity contribution is 6.04. The van der Waals surface area contributed by atoms with Crippen molar-refractivity contribution in [3.8, 4) is 0 Å². The summed E-state index contributed by atoms with van der Waals surface area (Å²) in [4.78, 5) is 15.1. The van der Waals surface area contributed by atoms with Crippen molar-refractivity contribution in [3.05, 3.63) is 47.8 Å². The summed E-state index contributed by atoms with van der Waals surface area (Å²) in [6.45, 7) is 3.32. The molecule has 2 saturated carbocycles. The second-order valence-electron chi connectivity index (χ2n) is 9.17. The second kappa shape index (κ2) is 11.7. The Bertz CT molecular complexity index is 880. The van der Waals surface area contributed by atoms with Crippen LogP contribution in [0.3, 0.4) is 0 Å². The number of rotatable bonds is 7. The third-order valence-electron chi connectivity index (χ3n) is 6.57. The van der Waals surface area contributed by atoms with Crippen LogP contribution >= 0.6 is 37.2 Å². The summed E-state index contributed by atoms with van der Waals surface area (Å²) in [6.07, 6.45) is 9.90. The lowest BCUT2D eigenvalue weighted by Crippen LogP contribution is -2.42. The predicted molar refractivity (Wildman–Crippen MR) is 136 cm³/mol. The molecule has 32 heavy (non-hydrogen) atoms. The van der Waals surface area contributed by atoms with Crippen LogP contribution in [0.15, 0.2) is 36.7 Å². The largest absolute Gasteiger partial charge is 0.319 e. The number of amides is 1. The minimum absolute atomic E-state index is 0. The van der Waals surface area contributed by atoms with Crippen molar-refractivity contribution >= 4 is 48.8 Å². The Kier molecular flexibility index (Phi) is 9.85. The minimum atomic E-state index is -0.0571. The smallest absolute Gasteiger partial charge is 0.255 e. The zero-order chi connectivity index (χ0) is 19.8. The number of carbonyl (C=O) groups is 1. The van der Waals surface area contributed by atoms with Gasteiger partial charge < -0.3 is 15.5 Å².